The van der Waals surface area contributed by atoms with Crippen LogP contribution in [-0.2, 0) is 10.2 Å². The summed E-state index contributed by atoms with van der Waals surface area (Å²) in [6.07, 6.45) is 2.23. The molecule has 1 amide bonds. The molecule has 25 heavy (non-hydrogen) atoms. The first-order valence-electron chi connectivity index (χ1n) is 8.91. The van der Waals surface area contributed by atoms with Crippen LogP contribution in [0.1, 0.15) is 35.2 Å². The lowest BCUT2D eigenvalue weighted by atomic mass is 9.81. The third-order valence-corrected chi connectivity index (χ3v) is 5.45. The lowest BCUT2D eigenvalue weighted by Gasteiger charge is -2.22. The summed E-state index contributed by atoms with van der Waals surface area (Å²) in [5.41, 5.74) is 2.46. The van der Waals surface area contributed by atoms with Gasteiger partial charge in [0.05, 0.1) is 5.41 Å². The highest BCUT2D eigenvalue weighted by Gasteiger charge is 2.50. The van der Waals surface area contributed by atoms with Gasteiger partial charge in [-0.3, -0.25) is 9.59 Å². The van der Waals surface area contributed by atoms with Crippen LogP contribution in [0.25, 0.3) is 0 Å². The van der Waals surface area contributed by atoms with E-state index in [-0.39, 0.29) is 11.7 Å². The van der Waals surface area contributed by atoms with E-state index in [0.29, 0.717) is 6.42 Å². The SMILES string of the molecule is O=C(CCCN1CCC2(C1)C(=O)Nc1ccccc12)c1ccccc1. The molecule has 1 fully saturated rings. The maximum atomic E-state index is 12.6. The molecule has 1 unspecified atom stereocenters. The van der Waals surface area contributed by atoms with Crippen LogP contribution in [0, 0.1) is 0 Å². The van der Waals surface area contributed by atoms with Crippen molar-refractivity contribution in [2.45, 2.75) is 24.7 Å². The van der Waals surface area contributed by atoms with Crippen molar-refractivity contribution in [3.63, 3.8) is 0 Å². The maximum Gasteiger partial charge on any atom is 0.236 e. The number of benzene rings is 2. The number of amides is 1. The van der Waals surface area contributed by atoms with E-state index in [1.165, 1.54) is 0 Å². The van der Waals surface area contributed by atoms with Crippen molar-refractivity contribution in [3.05, 3.63) is 65.7 Å². The number of carbonyl (C=O) groups is 2. The Morgan fingerprint density at radius 1 is 1.08 bits per heavy atom. The minimum atomic E-state index is -0.403. The molecule has 4 nitrogen and oxygen atoms in total. The first-order valence-corrected chi connectivity index (χ1v) is 8.91. The predicted octanol–water partition coefficient (Wildman–Crippen LogP) is 3.25. The standard InChI is InChI=1S/C21H22N2O2/c24-19(16-7-2-1-3-8-16)11-6-13-23-14-12-21(15-23)17-9-4-5-10-18(17)22-20(21)25/h1-5,7-10H,6,11-15H2,(H,22,25). The highest BCUT2D eigenvalue weighted by atomic mass is 16.2. The first kappa shape index (κ1) is 16.0. The highest BCUT2D eigenvalue weighted by Crippen LogP contribution is 2.43. The Hall–Kier alpha value is -2.46. The molecule has 1 spiro atoms. The fourth-order valence-corrected chi connectivity index (χ4v) is 4.09. The largest absolute Gasteiger partial charge is 0.325 e. The second-order valence-corrected chi connectivity index (χ2v) is 7.00. The fraction of sp³-hybridized carbons (Fsp3) is 0.333. The van der Waals surface area contributed by atoms with Gasteiger partial charge < -0.3 is 10.2 Å². The van der Waals surface area contributed by atoms with Crippen LogP contribution in [0.15, 0.2) is 54.6 Å². The summed E-state index contributed by atoms with van der Waals surface area (Å²) in [5, 5.41) is 3.03. The molecule has 128 valence electrons. The third kappa shape index (κ3) is 2.87. The zero-order valence-corrected chi connectivity index (χ0v) is 14.2. The van der Waals surface area contributed by atoms with Crippen LogP contribution in [0.5, 0.6) is 0 Å². The van der Waals surface area contributed by atoms with Gasteiger partial charge in [0.1, 0.15) is 0 Å². The molecule has 4 rings (SSSR count). The number of nitrogens with zero attached hydrogens (tertiary/aromatic N) is 1. The molecule has 2 aromatic carbocycles. The number of ketones is 1. The van der Waals surface area contributed by atoms with Crippen LogP contribution in [-0.4, -0.2) is 36.2 Å². The fourth-order valence-electron chi connectivity index (χ4n) is 4.09. The molecule has 0 saturated carbocycles. The van der Waals surface area contributed by atoms with Crippen LogP contribution in [0.2, 0.25) is 0 Å². The van der Waals surface area contributed by atoms with Crippen LogP contribution >= 0.6 is 0 Å². The van der Waals surface area contributed by atoms with Gasteiger partial charge in [-0.25, -0.2) is 0 Å². The number of anilines is 1. The van der Waals surface area contributed by atoms with Crippen LogP contribution < -0.4 is 5.32 Å². The van der Waals surface area contributed by atoms with Gasteiger partial charge in [-0.2, -0.15) is 0 Å². The van der Waals surface area contributed by atoms with Crippen molar-refractivity contribution in [2.24, 2.45) is 0 Å². The molecule has 1 atom stereocenters. The van der Waals surface area contributed by atoms with Gasteiger partial charge in [0.2, 0.25) is 5.91 Å². The molecule has 0 aliphatic carbocycles. The second kappa shape index (κ2) is 6.45. The lowest BCUT2D eigenvalue weighted by molar-refractivity contribution is -0.120. The number of rotatable bonds is 5. The molecule has 0 aromatic heterocycles. The van der Waals surface area contributed by atoms with Gasteiger partial charge in [0, 0.05) is 24.2 Å². The number of fused-ring (bicyclic) bond motifs is 2. The topological polar surface area (TPSA) is 49.4 Å². The molecule has 1 N–H and O–H groups in total. The van der Waals surface area contributed by atoms with Crippen molar-refractivity contribution in [3.8, 4) is 0 Å². The molecular formula is C21H22N2O2. The van der Waals surface area contributed by atoms with E-state index in [0.717, 1.165) is 49.3 Å². The Morgan fingerprint density at radius 3 is 2.68 bits per heavy atom. The van der Waals surface area contributed by atoms with Gasteiger partial charge in [-0.1, -0.05) is 48.5 Å². The van der Waals surface area contributed by atoms with E-state index < -0.39 is 5.41 Å². The highest BCUT2D eigenvalue weighted by molar-refractivity contribution is 6.06. The number of carbonyl (C=O) groups excluding carboxylic acids is 2. The summed E-state index contributed by atoms with van der Waals surface area (Å²) < 4.78 is 0. The summed E-state index contributed by atoms with van der Waals surface area (Å²) >= 11 is 0. The summed E-state index contributed by atoms with van der Waals surface area (Å²) in [7, 11) is 0. The second-order valence-electron chi connectivity index (χ2n) is 7.00. The van der Waals surface area contributed by atoms with Crippen molar-refractivity contribution >= 4 is 17.4 Å². The van der Waals surface area contributed by atoms with Crippen molar-refractivity contribution in [2.75, 3.05) is 25.0 Å². The quantitative estimate of drug-likeness (QED) is 0.854. The van der Waals surface area contributed by atoms with E-state index in [2.05, 4.69) is 16.3 Å². The van der Waals surface area contributed by atoms with Gasteiger partial charge in [0.15, 0.2) is 5.78 Å². The molecule has 2 aliphatic rings. The van der Waals surface area contributed by atoms with E-state index in [4.69, 9.17) is 0 Å². The zero-order valence-electron chi connectivity index (χ0n) is 14.2. The normalized spacial score (nSPS) is 22.2. The van der Waals surface area contributed by atoms with Gasteiger partial charge in [0.25, 0.3) is 0 Å². The molecule has 1 saturated heterocycles. The lowest BCUT2D eigenvalue weighted by Crippen LogP contribution is -2.37. The maximum absolute atomic E-state index is 12.6. The van der Waals surface area contributed by atoms with Gasteiger partial charge in [-0.15, -0.1) is 0 Å². The summed E-state index contributed by atoms with van der Waals surface area (Å²) in [6, 6.07) is 17.5. The number of para-hydroxylation sites is 1. The minimum Gasteiger partial charge on any atom is -0.325 e. The molecule has 2 aromatic rings. The molecule has 0 bridgehead atoms. The Labute approximate surface area is 147 Å². The van der Waals surface area contributed by atoms with Crippen LogP contribution in [0.3, 0.4) is 0 Å². The molecular weight excluding hydrogens is 312 g/mol. The Kier molecular flexibility index (Phi) is 4.14. The first-order chi connectivity index (χ1) is 12.2. The van der Waals surface area contributed by atoms with E-state index in [9.17, 15) is 9.59 Å². The smallest absolute Gasteiger partial charge is 0.236 e. The molecule has 2 aliphatic heterocycles. The van der Waals surface area contributed by atoms with E-state index >= 15 is 0 Å². The molecule has 2 heterocycles. The van der Waals surface area contributed by atoms with Gasteiger partial charge in [-0.05, 0) is 37.6 Å². The zero-order chi connectivity index (χ0) is 17.3. The van der Waals surface area contributed by atoms with Crippen molar-refractivity contribution in [1.29, 1.82) is 0 Å². The third-order valence-electron chi connectivity index (χ3n) is 5.45. The molecule has 4 heteroatoms. The minimum absolute atomic E-state index is 0.122. The van der Waals surface area contributed by atoms with E-state index in [1.807, 2.05) is 48.5 Å². The number of hydrogen-bond donors (Lipinski definition) is 1. The van der Waals surface area contributed by atoms with Crippen LogP contribution in [0.4, 0.5) is 5.69 Å². The number of likely N-dealkylation sites (tertiary alicyclic amines) is 1. The number of nitrogens with one attached hydrogen (secondary N) is 1. The summed E-state index contributed by atoms with van der Waals surface area (Å²) in [5.74, 6) is 0.315. The van der Waals surface area contributed by atoms with Crippen molar-refractivity contribution in [1.82, 2.24) is 4.90 Å². The van der Waals surface area contributed by atoms with Crippen molar-refractivity contribution < 1.29 is 9.59 Å². The summed E-state index contributed by atoms with van der Waals surface area (Å²) in [6.45, 7) is 2.51. The van der Waals surface area contributed by atoms with E-state index in [1.54, 1.807) is 0 Å². The predicted molar refractivity (Wildman–Crippen MR) is 97.8 cm³/mol. The number of Topliss-reactive ketones (excluding diaryl/α,β-unsaturated/α-hetero) is 1. The number of hydrogen-bond acceptors (Lipinski definition) is 3. The Morgan fingerprint density at radius 2 is 1.84 bits per heavy atom. The van der Waals surface area contributed by atoms with Gasteiger partial charge >= 0.3 is 0 Å². The average Bonchev–Trinajstić information content (AvgIpc) is 3.19. The average molecular weight is 334 g/mol. The molecule has 0 radical (unpaired) electrons. The Bertz CT molecular complexity index is 803. The Balaban J connectivity index is 1.36. The summed E-state index contributed by atoms with van der Waals surface area (Å²) in [4.78, 5) is 27.1. The monoisotopic (exact) mass is 334 g/mol.